The number of carbonyl (C=O) groups is 2. The molecule has 1 unspecified atom stereocenters. The average Bonchev–Trinajstić information content (AvgIpc) is 2.96. The van der Waals surface area contributed by atoms with Gasteiger partial charge in [-0.05, 0) is 31.0 Å². The van der Waals surface area contributed by atoms with Crippen LogP contribution in [0.4, 0.5) is 0 Å². The van der Waals surface area contributed by atoms with Crippen molar-refractivity contribution < 1.29 is 24.2 Å². The van der Waals surface area contributed by atoms with E-state index >= 15 is 0 Å². The maximum absolute atomic E-state index is 12.0. The molecule has 2 N–H and O–H groups in total. The molecule has 1 aliphatic heterocycles. The molecule has 1 aliphatic rings. The fourth-order valence-electron chi connectivity index (χ4n) is 1.99. The van der Waals surface area contributed by atoms with E-state index in [1.807, 2.05) is 0 Å². The Morgan fingerprint density at radius 2 is 2.30 bits per heavy atom. The molecule has 6 nitrogen and oxygen atoms in total. The Bertz CT molecular complexity index is 482. The number of carbonyl (C=O) groups excluding carboxylic acids is 1. The Morgan fingerprint density at radius 1 is 1.45 bits per heavy atom. The van der Waals surface area contributed by atoms with Crippen molar-refractivity contribution in [3.8, 4) is 5.75 Å². The van der Waals surface area contributed by atoms with Crippen LogP contribution in [0.2, 0.25) is 0 Å². The number of hydrogen-bond donors (Lipinski definition) is 2. The van der Waals surface area contributed by atoms with Crippen LogP contribution < -0.4 is 10.1 Å². The van der Waals surface area contributed by atoms with Crippen LogP contribution in [0, 0.1) is 0 Å². The lowest BCUT2D eigenvalue weighted by Gasteiger charge is -2.11. The van der Waals surface area contributed by atoms with E-state index in [1.54, 1.807) is 18.2 Å². The van der Waals surface area contributed by atoms with Gasteiger partial charge in [-0.1, -0.05) is 6.07 Å². The number of aliphatic carboxylic acids is 1. The zero-order valence-corrected chi connectivity index (χ0v) is 11.0. The first-order valence-electron chi connectivity index (χ1n) is 6.49. The molecule has 1 saturated heterocycles. The molecule has 1 fully saturated rings. The second-order valence-corrected chi connectivity index (χ2v) is 4.56. The number of benzene rings is 1. The van der Waals surface area contributed by atoms with Gasteiger partial charge < -0.3 is 19.9 Å². The summed E-state index contributed by atoms with van der Waals surface area (Å²) in [4.78, 5) is 22.4. The first-order valence-corrected chi connectivity index (χ1v) is 6.49. The van der Waals surface area contributed by atoms with Crippen molar-refractivity contribution in [2.75, 3.05) is 19.8 Å². The normalized spacial score (nSPS) is 17.7. The van der Waals surface area contributed by atoms with Gasteiger partial charge in [0.05, 0.1) is 6.10 Å². The molecule has 1 amide bonds. The molecule has 20 heavy (non-hydrogen) atoms. The molecule has 0 aliphatic carbocycles. The second-order valence-electron chi connectivity index (χ2n) is 4.56. The molecule has 2 rings (SSSR count). The molecule has 6 heteroatoms. The summed E-state index contributed by atoms with van der Waals surface area (Å²) in [5.74, 6) is -0.920. The summed E-state index contributed by atoms with van der Waals surface area (Å²) < 4.78 is 10.5. The summed E-state index contributed by atoms with van der Waals surface area (Å²) >= 11 is 0. The lowest BCUT2D eigenvalue weighted by Crippen LogP contribution is -2.31. The third-order valence-corrected chi connectivity index (χ3v) is 2.97. The van der Waals surface area contributed by atoms with Crippen LogP contribution in [0.25, 0.3) is 0 Å². The van der Waals surface area contributed by atoms with Gasteiger partial charge in [0.1, 0.15) is 5.75 Å². The Balaban J connectivity index is 1.88. The average molecular weight is 279 g/mol. The highest BCUT2D eigenvalue weighted by atomic mass is 16.5. The van der Waals surface area contributed by atoms with Crippen LogP contribution >= 0.6 is 0 Å². The van der Waals surface area contributed by atoms with Gasteiger partial charge in [-0.25, -0.2) is 4.79 Å². The van der Waals surface area contributed by atoms with E-state index in [-0.39, 0.29) is 12.0 Å². The quantitative estimate of drug-likeness (QED) is 0.813. The summed E-state index contributed by atoms with van der Waals surface area (Å²) in [6.45, 7) is 0.805. The summed E-state index contributed by atoms with van der Waals surface area (Å²) in [6, 6.07) is 6.43. The minimum absolute atomic E-state index is 0.0883. The van der Waals surface area contributed by atoms with Crippen molar-refractivity contribution in [1.82, 2.24) is 5.32 Å². The van der Waals surface area contributed by atoms with E-state index in [0.29, 0.717) is 17.9 Å². The van der Waals surface area contributed by atoms with Crippen LogP contribution in [-0.4, -0.2) is 42.8 Å². The van der Waals surface area contributed by atoms with Crippen molar-refractivity contribution in [3.05, 3.63) is 29.8 Å². The second kappa shape index (κ2) is 6.91. The van der Waals surface area contributed by atoms with Gasteiger partial charge in [0.15, 0.2) is 6.61 Å². The molecule has 0 aromatic heterocycles. The van der Waals surface area contributed by atoms with Gasteiger partial charge in [-0.3, -0.25) is 4.79 Å². The van der Waals surface area contributed by atoms with Crippen LogP contribution in [0.5, 0.6) is 5.75 Å². The van der Waals surface area contributed by atoms with Gasteiger partial charge in [0.25, 0.3) is 5.91 Å². The van der Waals surface area contributed by atoms with Gasteiger partial charge in [0.2, 0.25) is 0 Å². The summed E-state index contributed by atoms with van der Waals surface area (Å²) in [5, 5.41) is 11.3. The van der Waals surface area contributed by atoms with Crippen molar-refractivity contribution in [1.29, 1.82) is 0 Å². The fraction of sp³-hybridized carbons (Fsp3) is 0.429. The number of carboxylic acid groups (broad SMARTS) is 1. The molecule has 0 radical (unpaired) electrons. The molecule has 0 bridgehead atoms. The Labute approximate surface area is 116 Å². The molecule has 1 aromatic carbocycles. The molecule has 1 heterocycles. The van der Waals surface area contributed by atoms with Crippen LogP contribution in [-0.2, 0) is 9.53 Å². The molecule has 1 atom stereocenters. The number of rotatable bonds is 6. The fourth-order valence-corrected chi connectivity index (χ4v) is 1.99. The first-order chi connectivity index (χ1) is 9.65. The number of carboxylic acids is 1. The lowest BCUT2D eigenvalue weighted by molar-refractivity contribution is -0.139. The molecular weight excluding hydrogens is 262 g/mol. The largest absolute Gasteiger partial charge is 0.482 e. The highest BCUT2D eigenvalue weighted by molar-refractivity contribution is 5.94. The van der Waals surface area contributed by atoms with E-state index in [0.717, 1.165) is 19.4 Å². The Hall–Kier alpha value is -2.08. The topological polar surface area (TPSA) is 84.9 Å². The minimum atomic E-state index is -1.06. The number of hydrogen-bond acceptors (Lipinski definition) is 4. The SMILES string of the molecule is O=C(O)COc1cccc(C(=O)NCC2CCCO2)c1. The molecule has 0 saturated carbocycles. The smallest absolute Gasteiger partial charge is 0.341 e. The number of nitrogens with one attached hydrogen (secondary N) is 1. The molecule has 108 valence electrons. The maximum Gasteiger partial charge on any atom is 0.341 e. The van der Waals surface area contributed by atoms with E-state index in [1.165, 1.54) is 6.07 Å². The van der Waals surface area contributed by atoms with Gasteiger partial charge in [-0.15, -0.1) is 0 Å². The van der Waals surface area contributed by atoms with E-state index in [9.17, 15) is 9.59 Å². The van der Waals surface area contributed by atoms with Crippen molar-refractivity contribution >= 4 is 11.9 Å². The lowest BCUT2D eigenvalue weighted by atomic mass is 10.2. The summed E-state index contributed by atoms with van der Waals surface area (Å²) in [5.41, 5.74) is 0.436. The van der Waals surface area contributed by atoms with E-state index in [2.05, 4.69) is 5.32 Å². The number of ether oxygens (including phenoxy) is 2. The van der Waals surface area contributed by atoms with Crippen molar-refractivity contribution in [2.45, 2.75) is 18.9 Å². The predicted molar refractivity (Wildman–Crippen MR) is 70.9 cm³/mol. The zero-order chi connectivity index (χ0) is 14.4. The molecular formula is C14H17NO5. The Morgan fingerprint density at radius 3 is 3.00 bits per heavy atom. The molecule has 0 spiro atoms. The maximum atomic E-state index is 12.0. The van der Waals surface area contributed by atoms with Gasteiger partial charge in [-0.2, -0.15) is 0 Å². The monoisotopic (exact) mass is 279 g/mol. The summed E-state index contributed by atoms with van der Waals surface area (Å²) in [7, 11) is 0. The standard InChI is InChI=1S/C14H17NO5/c16-13(17)9-20-11-4-1-3-10(7-11)14(18)15-8-12-5-2-6-19-12/h1,3-4,7,12H,2,5-6,8-9H2,(H,15,18)(H,16,17). The Kier molecular flexibility index (Phi) is 4.95. The third-order valence-electron chi connectivity index (χ3n) is 2.97. The van der Waals surface area contributed by atoms with E-state index < -0.39 is 12.6 Å². The van der Waals surface area contributed by atoms with Crippen molar-refractivity contribution in [2.24, 2.45) is 0 Å². The predicted octanol–water partition coefficient (Wildman–Crippen LogP) is 1.06. The van der Waals surface area contributed by atoms with Crippen LogP contribution in [0.3, 0.4) is 0 Å². The highest BCUT2D eigenvalue weighted by Crippen LogP contribution is 2.14. The molecule has 1 aromatic rings. The first kappa shape index (κ1) is 14.3. The zero-order valence-electron chi connectivity index (χ0n) is 11.0. The van der Waals surface area contributed by atoms with E-state index in [4.69, 9.17) is 14.6 Å². The highest BCUT2D eigenvalue weighted by Gasteiger charge is 2.16. The number of amides is 1. The van der Waals surface area contributed by atoms with Crippen molar-refractivity contribution in [3.63, 3.8) is 0 Å². The van der Waals surface area contributed by atoms with Crippen LogP contribution in [0.1, 0.15) is 23.2 Å². The minimum Gasteiger partial charge on any atom is -0.482 e. The third kappa shape index (κ3) is 4.24. The summed E-state index contributed by atoms with van der Waals surface area (Å²) in [6.07, 6.45) is 2.08. The van der Waals surface area contributed by atoms with Crippen LogP contribution in [0.15, 0.2) is 24.3 Å². The van der Waals surface area contributed by atoms with Gasteiger partial charge >= 0.3 is 5.97 Å². The van der Waals surface area contributed by atoms with Gasteiger partial charge in [0, 0.05) is 18.7 Å².